The second-order valence-electron chi connectivity index (χ2n) is 14.2. The van der Waals surface area contributed by atoms with Crippen molar-refractivity contribution in [1.82, 2.24) is 19.8 Å². The van der Waals surface area contributed by atoms with Crippen LogP contribution in [-0.4, -0.2) is 96.7 Å². The van der Waals surface area contributed by atoms with Crippen LogP contribution < -0.4 is 14.7 Å². The summed E-state index contributed by atoms with van der Waals surface area (Å²) < 4.78 is 13.9. The molecule has 1 aromatic heterocycles. The molecule has 1 aliphatic carbocycles. The standard InChI is InChI=1S/C38H46ClFN8O/c1-4-44(5-2)29-24-47(25-29)37-42-32-22-38(15-18-45(19-16-38)33-11-7-9-27-8-6-10-31(39)34(27)33)14-12-30(32)35(43-37)46-20-21-48(36(49)26(3)40)28(23-46)13-17-41/h6-11,28-29H,3-5,12-16,18-25H2,1-2H3/t28-/m0/s1. The van der Waals surface area contributed by atoms with Gasteiger partial charge < -0.3 is 19.6 Å². The van der Waals surface area contributed by atoms with Gasteiger partial charge in [0.15, 0.2) is 5.83 Å². The summed E-state index contributed by atoms with van der Waals surface area (Å²) in [5.74, 6) is -0.0338. The minimum Gasteiger partial charge on any atom is -0.371 e. The number of benzene rings is 2. The maximum atomic E-state index is 13.9. The number of hydrogen-bond donors (Lipinski definition) is 0. The number of carbonyl (C=O) groups is 1. The predicted octanol–water partition coefficient (Wildman–Crippen LogP) is 6.00. The lowest BCUT2D eigenvalue weighted by Crippen LogP contribution is -2.60. The third-order valence-electron chi connectivity index (χ3n) is 11.6. The van der Waals surface area contributed by atoms with Gasteiger partial charge in [0.05, 0.1) is 29.2 Å². The van der Waals surface area contributed by atoms with E-state index >= 15 is 0 Å². The van der Waals surface area contributed by atoms with Crippen LogP contribution in [0.25, 0.3) is 10.8 Å². The van der Waals surface area contributed by atoms with Gasteiger partial charge in [-0.1, -0.05) is 56.3 Å². The normalized spacial score (nSPS) is 20.8. The van der Waals surface area contributed by atoms with Crippen molar-refractivity contribution >= 4 is 45.7 Å². The van der Waals surface area contributed by atoms with Crippen LogP contribution >= 0.6 is 11.6 Å². The number of aromatic nitrogens is 2. The first-order valence-corrected chi connectivity index (χ1v) is 18.2. The van der Waals surface area contributed by atoms with Crippen molar-refractivity contribution in [2.75, 3.05) is 73.6 Å². The number of halogens is 2. The second-order valence-corrected chi connectivity index (χ2v) is 14.6. The SMILES string of the molecule is C=C(F)C(=O)N1CCN(c2nc(N3CC(N(CC)CC)C3)nc3c2CCC2(CCN(c4cccc5cccc(Cl)c45)CC2)C3)C[C@@H]1CC#N. The Labute approximate surface area is 293 Å². The number of piperazine rings is 1. The lowest BCUT2D eigenvalue weighted by atomic mass is 9.67. The molecule has 4 heterocycles. The van der Waals surface area contributed by atoms with E-state index in [0.717, 1.165) is 99.2 Å². The molecule has 9 nitrogen and oxygen atoms in total. The van der Waals surface area contributed by atoms with Gasteiger partial charge in [-0.3, -0.25) is 9.69 Å². The molecular weight excluding hydrogens is 639 g/mol. The summed E-state index contributed by atoms with van der Waals surface area (Å²) in [6.07, 6.45) is 5.13. The molecule has 4 aliphatic rings. The third-order valence-corrected chi connectivity index (χ3v) is 11.9. The van der Waals surface area contributed by atoms with Gasteiger partial charge in [0.2, 0.25) is 5.95 Å². The molecule has 0 bridgehead atoms. The van der Waals surface area contributed by atoms with Crippen molar-refractivity contribution in [2.24, 2.45) is 5.41 Å². The van der Waals surface area contributed by atoms with Crippen molar-refractivity contribution < 1.29 is 9.18 Å². The Bertz CT molecular complexity index is 1770. The van der Waals surface area contributed by atoms with Crippen LogP contribution in [0.4, 0.5) is 21.8 Å². The molecule has 49 heavy (non-hydrogen) atoms. The predicted molar refractivity (Wildman–Crippen MR) is 194 cm³/mol. The Morgan fingerprint density at radius 2 is 1.76 bits per heavy atom. The monoisotopic (exact) mass is 684 g/mol. The molecule has 1 atom stereocenters. The minimum absolute atomic E-state index is 0.120. The van der Waals surface area contributed by atoms with Crippen LogP contribution in [0.1, 0.15) is 50.8 Å². The highest BCUT2D eigenvalue weighted by Gasteiger charge is 2.42. The van der Waals surface area contributed by atoms with Gasteiger partial charge in [0, 0.05) is 68.5 Å². The maximum Gasteiger partial charge on any atom is 0.282 e. The third kappa shape index (κ3) is 6.32. The molecule has 0 N–H and O–H groups in total. The van der Waals surface area contributed by atoms with Crippen molar-refractivity contribution in [3.05, 3.63) is 65.1 Å². The summed E-state index contributed by atoms with van der Waals surface area (Å²) in [4.78, 5) is 34.1. The largest absolute Gasteiger partial charge is 0.371 e. The van der Waals surface area contributed by atoms with Gasteiger partial charge in [-0.25, -0.2) is 9.37 Å². The van der Waals surface area contributed by atoms with Crippen molar-refractivity contribution in [2.45, 2.75) is 64.5 Å². The molecule has 11 heteroatoms. The highest BCUT2D eigenvalue weighted by atomic mass is 35.5. The van der Waals surface area contributed by atoms with Gasteiger partial charge in [-0.05, 0) is 68.1 Å². The highest BCUT2D eigenvalue weighted by molar-refractivity contribution is 6.36. The van der Waals surface area contributed by atoms with E-state index in [4.69, 9.17) is 21.6 Å². The van der Waals surface area contributed by atoms with Gasteiger partial charge >= 0.3 is 0 Å². The van der Waals surface area contributed by atoms with E-state index < -0.39 is 17.8 Å². The van der Waals surface area contributed by atoms with Crippen molar-refractivity contribution in [3.8, 4) is 6.07 Å². The lowest BCUT2D eigenvalue weighted by Gasteiger charge is -2.48. The van der Waals surface area contributed by atoms with E-state index in [-0.39, 0.29) is 11.8 Å². The smallest absolute Gasteiger partial charge is 0.282 e. The molecule has 3 saturated heterocycles. The van der Waals surface area contributed by atoms with Crippen LogP contribution in [0, 0.1) is 16.7 Å². The van der Waals surface area contributed by atoms with Gasteiger partial charge in [0.1, 0.15) is 5.82 Å². The van der Waals surface area contributed by atoms with Crippen LogP contribution in [0.3, 0.4) is 0 Å². The number of carbonyl (C=O) groups excluding carboxylic acids is 1. The zero-order valence-electron chi connectivity index (χ0n) is 28.7. The summed E-state index contributed by atoms with van der Waals surface area (Å²) in [6, 6.07) is 14.8. The Balaban J connectivity index is 1.16. The van der Waals surface area contributed by atoms with Gasteiger partial charge in [0.25, 0.3) is 5.91 Å². The molecule has 3 aliphatic heterocycles. The molecule has 0 saturated carbocycles. The number of rotatable bonds is 8. The molecule has 7 rings (SSSR count). The lowest BCUT2D eigenvalue weighted by molar-refractivity contribution is -0.131. The number of fused-ring (bicyclic) bond motifs is 2. The fourth-order valence-electron chi connectivity index (χ4n) is 8.67. The number of piperidine rings is 1. The van der Waals surface area contributed by atoms with Crippen molar-refractivity contribution in [1.29, 1.82) is 5.26 Å². The fraction of sp³-hybridized carbons (Fsp3) is 0.526. The van der Waals surface area contributed by atoms with E-state index in [9.17, 15) is 14.4 Å². The van der Waals surface area contributed by atoms with E-state index in [0.29, 0.717) is 25.7 Å². The summed E-state index contributed by atoms with van der Waals surface area (Å²) in [7, 11) is 0. The molecular formula is C38H46ClFN8O. The van der Waals surface area contributed by atoms with Crippen LogP contribution in [0.15, 0.2) is 48.8 Å². The summed E-state index contributed by atoms with van der Waals surface area (Å²) in [5.41, 5.74) is 3.69. The van der Waals surface area contributed by atoms with E-state index in [1.165, 1.54) is 21.5 Å². The minimum atomic E-state index is -0.987. The van der Waals surface area contributed by atoms with Crippen LogP contribution in [-0.2, 0) is 17.6 Å². The second kappa shape index (κ2) is 13.8. The van der Waals surface area contributed by atoms with Crippen molar-refractivity contribution in [3.63, 3.8) is 0 Å². The number of nitrogens with zero attached hydrogens (tertiary/aromatic N) is 8. The first kappa shape index (κ1) is 33.6. The number of amides is 1. The molecule has 0 unspecified atom stereocenters. The fourth-order valence-corrected chi connectivity index (χ4v) is 8.95. The summed E-state index contributed by atoms with van der Waals surface area (Å²) >= 11 is 6.72. The Hall–Kier alpha value is -3.94. The molecule has 3 aromatic rings. The number of hydrogen-bond acceptors (Lipinski definition) is 8. The molecule has 1 amide bonds. The first-order chi connectivity index (χ1) is 23.7. The summed E-state index contributed by atoms with van der Waals surface area (Å²) in [6.45, 7) is 14.6. The molecule has 0 radical (unpaired) electrons. The zero-order chi connectivity index (χ0) is 34.3. The first-order valence-electron chi connectivity index (χ1n) is 17.8. The zero-order valence-corrected chi connectivity index (χ0v) is 29.4. The van der Waals surface area contributed by atoms with E-state index in [1.54, 1.807) is 0 Å². The number of anilines is 3. The quantitative estimate of drug-likeness (QED) is 0.267. The Morgan fingerprint density at radius 1 is 1.02 bits per heavy atom. The van der Waals surface area contributed by atoms with E-state index in [2.05, 4.69) is 70.4 Å². The average Bonchev–Trinajstić information content (AvgIpc) is 3.09. The maximum absolute atomic E-state index is 13.9. The molecule has 2 aromatic carbocycles. The number of likely N-dealkylation sites (N-methyl/N-ethyl adjacent to an activating group) is 1. The van der Waals surface area contributed by atoms with Gasteiger partial charge in [-0.15, -0.1) is 0 Å². The van der Waals surface area contributed by atoms with Crippen LogP contribution in [0.2, 0.25) is 5.02 Å². The Morgan fingerprint density at radius 3 is 2.45 bits per heavy atom. The molecule has 1 spiro atoms. The van der Waals surface area contributed by atoms with Crippen LogP contribution in [0.5, 0.6) is 0 Å². The van der Waals surface area contributed by atoms with Gasteiger partial charge in [-0.2, -0.15) is 10.2 Å². The highest BCUT2D eigenvalue weighted by Crippen LogP contribution is 2.47. The average molecular weight is 685 g/mol. The molecule has 3 fully saturated rings. The Kier molecular flexibility index (Phi) is 9.42. The summed E-state index contributed by atoms with van der Waals surface area (Å²) in [5, 5.41) is 12.7. The topological polar surface area (TPSA) is 82.8 Å². The molecule has 258 valence electrons. The van der Waals surface area contributed by atoms with E-state index in [1.807, 2.05) is 12.1 Å². The number of nitriles is 1.